The molecular formula is C45H77O14P. The van der Waals surface area contributed by atoms with E-state index in [1.807, 2.05) is 36.5 Å². The Morgan fingerprint density at radius 3 is 1.80 bits per heavy atom. The Bertz CT molecular complexity index is 1300. The summed E-state index contributed by atoms with van der Waals surface area (Å²) < 4.78 is 33.4. The third-order valence-corrected chi connectivity index (χ3v) is 10.9. The van der Waals surface area contributed by atoms with E-state index in [1.165, 1.54) is 44.9 Å². The van der Waals surface area contributed by atoms with Crippen molar-refractivity contribution in [2.45, 2.75) is 198 Å². The van der Waals surface area contributed by atoms with Crippen LogP contribution in [0.3, 0.4) is 0 Å². The first-order valence-electron chi connectivity index (χ1n) is 22.2. The van der Waals surface area contributed by atoms with Crippen LogP contribution in [0.4, 0.5) is 0 Å². The number of aliphatic hydroxyl groups is 6. The highest BCUT2D eigenvalue weighted by Gasteiger charge is 2.51. The van der Waals surface area contributed by atoms with Crippen molar-refractivity contribution < 1.29 is 68.2 Å². The van der Waals surface area contributed by atoms with Gasteiger partial charge < -0.3 is 45.0 Å². The molecule has 15 heteroatoms. The average molecular weight is 873 g/mol. The molecule has 1 saturated carbocycles. The second kappa shape index (κ2) is 35.0. The fourth-order valence-corrected chi connectivity index (χ4v) is 7.21. The van der Waals surface area contributed by atoms with Crippen molar-refractivity contribution in [3.05, 3.63) is 60.8 Å². The van der Waals surface area contributed by atoms with Gasteiger partial charge in [-0.15, -0.1) is 0 Å². The molecule has 0 saturated heterocycles. The van der Waals surface area contributed by atoms with Crippen LogP contribution in [0.1, 0.15) is 149 Å². The van der Waals surface area contributed by atoms with Crippen molar-refractivity contribution in [3.8, 4) is 0 Å². The topological polar surface area (TPSA) is 230 Å². The van der Waals surface area contributed by atoms with E-state index >= 15 is 0 Å². The van der Waals surface area contributed by atoms with E-state index in [2.05, 4.69) is 32.1 Å². The smallest absolute Gasteiger partial charge is 0.462 e. The lowest BCUT2D eigenvalue weighted by atomic mass is 9.85. The van der Waals surface area contributed by atoms with Gasteiger partial charge >= 0.3 is 19.8 Å². The van der Waals surface area contributed by atoms with Crippen molar-refractivity contribution in [3.63, 3.8) is 0 Å². The number of aliphatic hydroxyl groups excluding tert-OH is 6. The number of allylic oxidation sites excluding steroid dienone is 8. The van der Waals surface area contributed by atoms with Gasteiger partial charge in [-0.3, -0.25) is 18.6 Å². The van der Waals surface area contributed by atoms with Crippen LogP contribution in [0, 0.1) is 0 Å². The normalized spacial score (nSPS) is 23.3. The van der Waals surface area contributed by atoms with Crippen molar-refractivity contribution >= 4 is 19.8 Å². The van der Waals surface area contributed by atoms with Gasteiger partial charge in [0.25, 0.3) is 0 Å². The van der Waals surface area contributed by atoms with Crippen molar-refractivity contribution in [1.82, 2.24) is 0 Å². The van der Waals surface area contributed by atoms with Crippen molar-refractivity contribution in [2.75, 3.05) is 13.2 Å². The number of esters is 2. The van der Waals surface area contributed by atoms with Gasteiger partial charge in [0, 0.05) is 12.8 Å². The molecule has 9 atom stereocenters. The largest absolute Gasteiger partial charge is 0.472 e. The summed E-state index contributed by atoms with van der Waals surface area (Å²) >= 11 is 0. The molecule has 346 valence electrons. The highest BCUT2D eigenvalue weighted by Crippen LogP contribution is 2.47. The van der Waals surface area contributed by atoms with Crippen LogP contribution in [-0.4, -0.2) is 110 Å². The number of rotatable bonds is 35. The maximum Gasteiger partial charge on any atom is 0.472 e. The Labute approximate surface area is 358 Å². The number of hydrogen-bond donors (Lipinski definition) is 7. The zero-order valence-electron chi connectivity index (χ0n) is 36.1. The van der Waals surface area contributed by atoms with Crippen LogP contribution in [0.25, 0.3) is 0 Å². The minimum atomic E-state index is -5.15. The van der Waals surface area contributed by atoms with Crippen LogP contribution in [-0.2, 0) is 32.7 Å². The molecule has 1 aliphatic rings. The minimum Gasteiger partial charge on any atom is -0.462 e. The van der Waals surface area contributed by atoms with Gasteiger partial charge in [-0.2, -0.15) is 0 Å². The molecule has 14 nitrogen and oxygen atoms in total. The SMILES string of the molecule is CCCCC/C=C\C=C/[C@@H](O)C/C=C\C/C=C/CCCC(=O)OC[C@H](COP(=O)(O)OC1[C@H](O)[C@H](O)C(O)[C@H](O)[C@H]1O)OC(=O)CCCCCCC/C=C\CCCCCC. The van der Waals surface area contributed by atoms with Crippen LogP contribution in [0.15, 0.2) is 60.8 Å². The maximum atomic E-state index is 12.8. The molecule has 0 aromatic rings. The van der Waals surface area contributed by atoms with Gasteiger partial charge in [0.05, 0.1) is 12.7 Å². The van der Waals surface area contributed by atoms with Crippen LogP contribution in [0.5, 0.6) is 0 Å². The van der Waals surface area contributed by atoms with Gasteiger partial charge in [-0.25, -0.2) is 4.57 Å². The Balaban J connectivity index is 2.56. The predicted molar refractivity (Wildman–Crippen MR) is 232 cm³/mol. The molecule has 60 heavy (non-hydrogen) atoms. The fraction of sp³-hybridized carbons (Fsp3) is 0.733. The van der Waals surface area contributed by atoms with Gasteiger partial charge in [0.2, 0.25) is 0 Å². The number of carbonyl (C=O) groups excluding carboxylic acids is 2. The highest BCUT2D eigenvalue weighted by atomic mass is 31.2. The van der Waals surface area contributed by atoms with E-state index in [4.69, 9.17) is 18.5 Å². The summed E-state index contributed by atoms with van der Waals surface area (Å²) in [7, 11) is -5.15. The Morgan fingerprint density at radius 2 is 1.12 bits per heavy atom. The van der Waals surface area contributed by atoms with Crippen LogP contribution >= 0.6 is 7.82 Å². The molecule has 1 rings (SSSR count). The molecule has 0 aliphatic heterocycles. The molecular weight excluding hydrogens is 795 g/mol. The van der Waals surface area contributed by atoms with Crippen molar-refractivity contribution in [2.24, 2.45) is 0 Å². The quantitative estimate of drug-likeness (QED) is 0.0110. The summed E-state index contributed by atoms with van der Waals surface area (Å²) in [5.74, 6) is -1.22. The monoisotopic (exact) mass is 873 g/mol. The summed E-state index contributed by atoms with van der Waals surface area (Å²) in [6.45, 7) is 3.10. The first-order chi connectivity index (χ1) is 28.8. The number of carbonyl (C=O) groups is 2. The molecule has 0 bridgehead atoms. The second-order valence-electron chi connectivity index (χ2n) is 15.4. The molecule has 1 aliphatic carbocycles. The summed E-state index contributed by atoms with van der Waals surface area (Å²) in [6, 6.07) is 0. The van der Waals surface area contributed by atoms with Gasteiger partial charge in [0.15, 0.2) is 6.10 Å². The van der Waals surface area contributed by atoms with Gasteiger partial charge in [-0.05, 0) is 70.6 Å². The molecule has 0 aromatic carbocycles. The summed E-state index contributed by atoms with van der Waals surface area (Å²) in [5, 5.41) is 60.1. The van der Waals surface area contributed by atoms with E-state index in [9.17, 15) is 49.7 Å². The lowest BCUT2D eigenvalue weighted by Gasteiger charge is -2.41. The van der Waals surface area contributed by atoms with Gasteiger partial charge in [0.1, 0.15) is 43.2 Å². The number of ether oxygens (including phenoxy) is 2. The zero-order valence-corrected chi connectivity index (χ0v) is 37.0. The standard InChI is InChI=1S/C45H77O14P/c1-3-5-7-9-11-12-13-14-15-16-20-25-29-33-39(48)58-37(35-57-60(54,55)59-45-43(52)41(50)40(49)42(51)44(45)53)34-56-38(47)32-28-24-21-17-19-23-27-31-36(46)30-26-22-18-10-8-6-4-2/h12-13,17-18,21-23,26-27,30,36-37,40-46,49-53H,3-11,14-16,19-20,24-25,28-29,31-35H2,1-2H3,(H,54,55)/b13-12-,21-17+,22-18-,27-23-,30-26-/t36-,37-,40?,41-,42+,43-,44-,45?/m1/s1. The first-order valence-corrected chi connectivity index (χ1v) is 23.7. The Morgan fingerprint density at radius 1 is 0.600 bits per heavy atom. The summed E-state index contributed by atoms with van der Waals surface area (Å²) in [5.41, 5.74) is 0. The Kier molecular flexibility index (Phi) is 32.4. The van der Waals surface area contributed by atoms with E-state index < -0.39 is 81.8 Å². The first kappa shape index (κ1) is 55.5. The van der Waals surface area contributed by atoms with Crippen molar-refractivity contribution in [1.29, 1.82) is 0 Å². The number of phosphoric ester groups is 1. The molecule has 0 radical (unpaired) electrons. The molecule has 0 heterocycles. The lowest BCUT2D eigenvalue weighted by molar-refractivity contribution is -0.220. The number of phosphoric acid groups is 1. The average Bonchev–Trinajstić information content (AvgIpc) is 3.22. The maximum absolute atomic E-state index is 12.8. The van der Waals surface area contributed by atoms with Gasteiger partial charge in [-0.1, -0.05) is 126 Å². The fourth-order valence-electron chi connectivity index (χ4n) is 6.24. The van der Waals surface area contributed by atoms with E-state index in [0.717, 1.165) is 44.9 Å². The summed E-state index contributed by atoms with van der Waals surface area (Å²) in [4.78, 5) is 35.6. The minimum absolute atomic E-state index is 0.0532. The molecule has 0 spiro atoms. The molecule has 1 fully saturated rings. The second-order valence-corrected chi connectivity index (χ2v) is 16.8. The zero-order chi connectivity index (χ0) is 44.4. The third kappa shape index (κ3) is 27.5. The van der Waals surface area contributed by atoms with Crippen LogP contribution in [0.2, 0.25) is 0 Å². The molecule has 0 amide bonds. The third-order valence-electron chi connectivity index (χ3n) is 9.91. The molecule has 7 N–H and O–H groups in total. The summed E-state index contributed by atoms with van der Waals surface area (Å²) in [6.07, 6.45) is 24.5. The number of hydrogen-bond acceptors (Lipinski definition) is 13. The van der Waals surface area contributed by atoms with E-state index in [1.54, 1.807) is 6.08 Å². The molecule has 0 aromatic heterocycles. The molecule has 3 unspecified atom stereocenters. The predicted octanol–water partition coefficient (Wildman–Crippen LogP) is 7.14. The van der Waals surface area contributed by atoms with E-state index in [-0.39, 0.29) is 12.8 Å². The highest BCUT2D eigenvalue weighted by molar-refractivity contribution is 7.47. The van der Waals surface area contributed by atoms with E-state index in [0.29, 0.717) is 32.1 Å². The lowest BCUT2D eigenvalue weighted by Crippen LogP contribution is -2.64. The Hall–Kier alpha value is -2.49. The number of unbranched alkanes of at least 4 members (excludes halogenated alkanes) is 13. The van der Waals surface area contributed by atoms with Crippen LogP contribution < -0.4 is 0 Å².